The van der Waals surface area contributed by atoms with E-state index in [0.717, 1.165) is 19.4 Å². The van der Waals surface area contributed by atoms with E-state index in [-0.39, 0.29) is 21.0 Å². The van der Waals surface area contributed by atoms with Crippen LogP contribution in [-0.2, 0) is 10.0 Å². The van der Waals surface area contributed by atoms with Crippen molar-refractivity contribution in [3.63, 3.8) is 0 Å². The van der Waals surface area contributed by atoms with E-state index in [0.29, 0.717) is 13.1 Å². The van der Waals surface area contributed by atoms with E-state index in [9.17, 15) is 8.42 Å². The fraction of sp³-hybridized carbons (Fsp3) is 0.538. The van der Waals surface area contributed by atoms with Gasteiger partial charge in [-0.05, 0) is 31.5 Å². The van der Waals surface area contributed by atoms with Crippen LogP contribution >= 0.6 is 23.2 Å². The molecule has 0 aromatic heterocycles. The average molecular weight is 337 g/mol. The monoisotopic (exact) mass is 336 g/mol. The largest absolute Gasteiger partial charge is 0.313 e. The molecule has 1 aliphatic heterocycles. The fourth-order valence-electron chi connectivity index (χ4n) is 2.38. The van der Waals surface area contributed by atoms with E-state index in [1.807, 2.05) is 6.92 Å². The lowest BCUT2D eigenvalue weighted by Crippen LogP contribution is -2.41. The Hall–Kier alpha value is -0.330. The van der Waals surface area contributed by atoms with Gasteiger partial charge in [-0.1, -0.05) is 36.2 Å². The summed E-state index contributed by atoms with van der Waals surface area (Å²) < 4.78 is 26.8. The molecule has 112 valence electrons. The molecule has 7 heteroatoms. The Morgan fingerprint density at radius 3 is 2.75 bits per heavy atom. The van der Waals surface area contributed by atoms with Gasteiger partial charge >= 0.3 is 0 Å². The first-order chi connectivity index (χ1) is 9.46. The van der Waals surface area contributed by atoms with Crippen molar-refractivity contribution in [2.24, 2.45) is 0 Å². The molecule has 1 fully saturated rings. The summed E-state index contributed by atoms with van der Waals surface area (Å²) >= 11 is 12.0. The molecule has 1 aliphatic rings. The molecule has 0 aliphatic carbocycles. The fourth-order valence-corrected chi connectivity index (χ4v) is 4.61. The van der Waals surface area contributed by atoms with Crippen LogP contribution in [0, 0.1) is 0 Å². The normalized spacial score (nSPS) is 19.7. The quantitative estimate of drug-likeness (QED) is 0.899. The first-order valence-corrected chi connectivity index (χ1v) is 8.84. The first kappa shape index (κ1) is 16.0. The van der Waals surface area contributed by atoms with Crippen LogP contribution in [0.25, 0.3) is 0 Å². The molecule has 4 nitrogen and oxygen atoms in total. The third-order valence-electron chi connectivity index (χ3n) is 3.47. The molecule has 0 saturated carbocycles. The van der Waals surface area contributed by atoms with Gasteiger partial charge in [0.1, 0.15) is 4.90 Å². The van der Waals surface area contributed by atoms with Gasteiger partial charge in [-0.2, -0.15) is 4.31 Å². The first-order valence-electron chi connectivity index (χ1n) is 6.64. The van der Waals surface area contributed by atoms with Crippen molar-refractivity contribution in [3.05, 3.63) is 28.2 Å². The van der Waals surface area contributed by atoms with Crippen molar-refractivity contribution < 1.29 is 8.42 Å². The second-order valence-corrected chi connectivity index (χ2v) is 7.49. The molecule has 0 spiro atoms. The molecule has 1 aromatic rings. The molecule has 1 saturated heterocycles. The number of rotatable bonds is 5. The highest BCUT2D eigenvalue weighted by Crippen LogP contribution is 2.31. The summed E-state index contributed by atoms with van der Waals surface area (Å²) in [7, 11) is -3.61. The maximum absolute atomic E-state index is 12.7. The summed E-state index contributed by atoms with van der Waals surface area (Å²) in [6.45, 7) is 3.64. The van der Waals surface area contributed by atoms with E-state index < -0.39 is 10.0 Å². The van der Waals surface area contributed by atoms with E-state index in [4.69, 9.17) is 23.2 Å². The number of sulfonamides is 1. The van der Waals surface area contributed by atoms with Crippen molar-refractivity contribution in [3.8, 4) is 0 Å². The zero-order valence-corrected chi connectivity index (χ0v) is 13.6. The molecule has 1 unspecified atom stereocenters. The van der Waals surface area contributed by atoms with Crippen LogP contribution < -0.4 is 5.32 Å². The van der Waals surface area contributed by atoms with E-state index in [2.05, 4.69) is 5.32 Å². The zero-order chi connectivity index (χ0) is 14.8. The summed E-state index contributed by atoms with van der Waals surface area (Å²) in [6, 6.07) is 4.89. The van der Waals surface area contributed by atoms with Crippen molar-refractivity contribution in [1.82, 2.24) is 9.62 Å². The molecule has 1 aromatic carbocycles. The number of nitrogens with zero attached hydrogens (tertiary/aromatic N) is 1. The van der Waals surface area contributed by atoms with Gasteiger partial charge in [0.25, 0.3) is 0 Å². The minimum absolute atomic E-state index is 0.0755. The Morgan fingerprint density at radius 1 is 1.40 bits per heavy atom. The topological polar surface area (TPSA) is 49.4 Å². The lowest BCUT2D eigenvalue weighted by Gasteiger charge is -2.24. The number of likely N-dealkylation sites (N-methyl/N-ethyl adjacent to an activating group) is 1. The van der Waals surface area contributed by atoms with Crippen LogP contribution in [0.4, 0.5) is 0 Å². The lowest BCUT2D eigenvalue weighted by atomic mass is 10.2. The van der Waals surface area contributed by atoms with Crippen LogP contribution in [0.15, 0.2) is 23.1 Å². The van der Waals surface area contributed by atoms with Gasteiger partial charge in [0.05, 0.1) is 10.0 Å². The number of benzene rings is 1. The maximum atomic E-state index is 12.7. The van der Waals surface area contributed by atoms with E-state index in [1.54, 1.807) is 12.1 Å². The van der Waals surface area contributed by atoms with Crippen molar-refractivity contribution in [1.29, 1.82) is 0 Å². The Labute approximate surface area is 130 Å². The van der Waals surface area contributed by atoms with Crippen LogP contribution in [0.1, 0.15) is 19.8 Å². The second kappa shape index (κ2) is 6.62. The molecule has 1 N–H and O–H groups in total. The molecule has 2 rings (SSSR count). The number of halogens is 2. The van der Waals surface area contributed by atoms with Crippen LogP contribution in [0.5, 0.6) is 0 Å². The van der Waals surface area contributed by atoms with Crippen LogP contribution in [-0.4, -0.2) is 38.4 Å². The van der Waals surface area contributed by atoms with Gasteiger partial charge in [-0.25, -0.2) is 8.42 Å². The molecular weight excluding hydrogens is 319 g/mol. The standard InChI is InChI=1S/C13H18Cl2N2O2S/c1-2-17(9-10-5-4-8-16-10)20(18,19)12-7-3-6-11(14)13(12)15/h3,6-7,10,16H,2,4-5,8-9H2,1H3. The van der Waals surface area contributed by atoms with Crippen molar-refractivity contribution in [2.45, 2.75) is 30.7 Å². The van der Waals surface area contributed by atoms with Gasteiger partial charge in [-0.15, -0.1) is 0 Å². The minimum Gasteiger partial charge on any atom is -0.313 e. The van der Waals surface area contributed by atoms with Gasteiger partial charge in [0, 0.05) is 19.1 Å². The SMILES string of the molecule is CCN(CC1CCCN1)S(=O)(=O)c1cccc(Cl)c1Cl. The highest BCUT2D eigenvalue weighted by atomic mass is 35.5. The van der Waals surface area contributed by atoms with Gasteiger partial charge in [0.2, 0.25) is 10.0 Å². The van der Waals surface area contributed by atoms with Crippen LogP contribution in [0.2, 0.25) is 10.0 Å². The average Bonchev–Trinajstić information content (AvgIpc) is 2.91. The predicted molar refractivity (Wildman–Crippen MR) is 81.9 cm³/mol. The smallest absolute Gasteiger partial charge is 0.244 e. The molecule has 1 atom stereocenters. The summed E-state index contributed by atoms with van der Waals surface area (Å²) in [4.78, 5) is 0.0755. The number of nitrogens with one attached hydrogen (secondary N) is 1. The van der Waals surface area contributed by atoms with Crippen LogP contribution in [0.3, 0.4) is 0 Å². The third-order valence-corrected chi connectivity index (χ3v) is 6.39. The molecule has 0 amide bonds. The summed E-state index contributed by atoms with van der Waals surface area (Å²) in [5.41, 5.74) is 0. The third kappa shape index (κ3) is 3.28. The molecule has 0 radical (unpaired) electrons. The summed E-state index contributed by atoms with van der Waals surface area (Å²) in [5, 5.41) is 3.65. The lowest BCUT2D eigenvalue weighted by molar-refractivity contribution is 0.383. The van der Waals surface area contributed by atoms with Crippen molar-refractivity contribution in [2.75, 3.05) is 19.6 Å². The molecule has 0 bridgehead atoms. The Balaban J connectivity index is 2.28. The zero-order valence-electron chi connectivity index (χ0n) is 11.3. The van der Waals surface area contributed by atoms with E-state index in [1.165, 1.54) is 10.4 Å². The molecular formula is C13H18Cl2N2O2S. The molecule has 20 heavy (non-hydrogen) atoms. The second-order valence-electron chi connectivity index (χ2n) is 4.80. The van der Waals surface area contributed by atoms with Gasteiger partial charge < -0.3 is 5.32 Å². The van der Waals surface area contributed by atoms with Gasteiger partial charge in [0.15, 0.2) is 0 Å². The highest BCUT2D eigenvalue weighted by molar-refractivity contribution is 7.89. The number of hydrogen-bond donors (Lipinski definition) is 1. The van der Waals surface area contributed by atoms with Gasteiger partial charge in [-0.3, -0.25) is 0 Å². The van der Waals surface area contributed by atoms with Crippen molar-refractivity contribution >= 4 is 33.2 Å². The summed E-state index contributed by atoms with van der Waals surface area (Å²) in [5.74, 6) is 0. The van der Waals surface area contributed by atoms with E-state index >= 15 is 0 Å². The Kier molecular flexibility index (Phi) is 5.31. The molecule has 1 heterocycles. The summed E-state index contributed by atoms with van der Waals surface area (Å²) in [6.07, 6.45) is 2.08. The Morgan fingerprint density at radius 2 is 2.15 bits per heavy atom. The maximum Gasteiger partial charge on any atom is 0.244 e. The highest BCUT2D eigenvalue weighted by Gasteiger charge is 2.29. The predicted octanol–water partition coefficient (Wildman–Crippen LogP) is 2.76. The number of hydrogen-bond acceptors (Lipinski definition) is 3. The minimum atomic E-state index is -3.61. The Bertz CT molecular complexity index is 572.